The number of unbranched alkanes of at least 4 members (excludes halogenated alkanes) is 2. The highest BCUT2D eigenvalue weighted by molar-refractivity contribution is 5.91. The molecule has 1 aromatic carbocycles. The summed E-state index contributed by atoms with van der Waals surface area (Å²) < 4.78 is 0. The average Bonchev–Trinajstić information content (AvgIpc) is 2.45. The van der Waals surface area contributed by atoms with Crippen molar-refractivity contribution >= 4 is 16.6 Å². The van der Waals surface area contributed by atoms with Gasteiger partial charge in [-0.1, -0.05) is 58.2 Å². The zero-order valence-corrected chi connectivity index (χ0v) is 13.9. The van der Waals surface area contributed by atoms with Crippen LogP contribution in [-0.4, -0.2) is 11.5 Å². The first-order valence-corrected chi connectivity index (χ1v) is 8.12. The number of nitrogens with one attached hydrogen (secondary N) is 1. The first kappa shape index (κ1) is 15.8. The van der Waals surface area contributed by atoms with Crippen LogP contribution in [0.4, 0.5) is 5.69 Å². The number of para-hydroxylation sites is 1. The van der Waals surface area contributed by atoms with Gasteiger partial charge in [0.25, 0.3) is 0 Å². The van der Waals surface area contributed by atoms with Gasteiger partial charge >= 0.3 is 0 Å². The van der Waals surface area contributed by atoms with Gasteiger partial charge in [-0.25, -0.2) is 0 Å². The number of benzene rings is 1. The summed E-state index contributed by atoms with van der Waals surface area (Å²) in [6, 6.07) is 10.5. The van der Waals surface area contributed by atoms with E-state index in [1.165, 1.54) is 36.8 Å². The van der Waals surface area contributed by atoms with Crippen LogP contribution in [0.2, 0.25) is 0 Å². The van der Waals surface area contributed by atoms with E-state index >= 15 is 0 Å². The first-order valence-electron chi connectivity index (χ1n) is 8.12. The Kier molecular flexibility index (Phi) is 5.22. The minimum absolute atomic E-state index is 0.327. The highest BCUT2D eigenvalue weighted by Gasteiger charge is 2.17. The van der Waals surface area contributed by atoms with E-state index in [0.29, 0.717) is 5.41 Å². The van der Waals surface area contributed by atoms with Gasteiger partial charge in [-0.15, -0.1) is 0 Å². The van der Waals surface area contributed by atoms with Crippen LogP contribution in [-0.2, 0) is 0 Å². The standard InChI is InChI=1S/C19H28N2/c1-5-6-9-12-19(3,4)14-20-18-13-15(2)21-17-11-8-7-10-16(17)18/h7-8,10-11,13H,5-6,9,12,14H2,1-4H3,(H,20,21). The summed E-state index contributed by atoms with van der Waals surface area (Å²) in [5.41, 5.74) is 3.68. The minimum Gasteiger partial charge on any atom is -0.384 e. The number of rotatable bonds is 7. The molecule has 0 aliphatic heterocycles. The lowest BCUT2D eigenvalue weighted by Gasteiger charge is -2.26. The molecular formula is C19H28N2. The molecular weight excluding hydrogens is 256 g/mol. The third kappa shape index (κ3) is 4.45. The van der Waals surface area contributed by atoms with Gasteiger partial charge in [0.2, 0.25) is 0 Å². The van der Waals surface area contributed by atoms with E-state index in [1.807, 2.05) is 6.07 Å². The molecule has 0 bridgehead atoms. The summed E-state index contributed by atoms with van der Waals surface area (Å²) in [7, 11) is 0. The van der Waals surface area contributed by atoms with Crippen molar-refractivity contribution in [2.45, 2.75) is 53.4 Å². The quantitative estimate of drug-likeness (QED) is 0.673. The van der Waals surface area contributed by atoms with E-state index < -0.39 is 0 Å². The monoisotopic (exact) mass is 284 g/mol. The second-order valence-corrected chi connectivity index (χ2v) is 6.80. The van der Waals surface area contributed by atoms with Crippen LogP contribution in [0.3, 0.4) is 0 Å². The molecule has 0 fully saturated rings. The van der Waals surface area contributed by atoms with E-state index in [9.17, 15) is 0 Å². The predicted octanol–water partition coefficient (Wildman–Crippen LogP) is 5.56. The lowest BCUT2D eigenvalue weighted by molar-refractivity contribution is 0.342. The van der Waals surface area contributed by atoms with Crippen LogP contribution < -0.4 is 5.32 Å². The van der Waals surface area contributed by atoms with Crippen molar-refractivity contribution in [3.63, 3.8) is 0 Å². The third-order valence-corrected chi connectivity index (χ3v) is 4.06. The molecule has 0 saturated carbocycles. The minimum atomic E-state index is 0.327. The summed E-state index contributed by atoms with van der Waals surface area (Å²) in [6.07, 6.45) is 5.22. The van der Waals surface area contributed by atoms with Gasteiger partial charge in [-0.3, -0.25) is 4.98 Å². The normalized spacial score (nSPS) is 11.8. The topological polar surface area (TPSA) is 24.9 Å². The van der Waals surface area contributed by atoms with Crippen LogP contribution in [0.25, 0.3) is 10.9 Å². The number of hydrogen-bond acceptors (Lipinski definition) is 2. The predicted molar refractivity (Wildman–Crippen MR) is 92.9 cm³/mol. The highest BCUT2D eigenvalue weighted by atomic mass is 14.9. The summed E-state index contributed by atoms with van der Waals surface area (Å²) >= 11 is 0. The van der Waals surface area contributed by atoms with Crippen molar-refractivity contribution in [3.8, 4) is 0 Å². The molecule has 1 aromatic heterocycles. The molecule has 0 radical (unpaired) electrons. The number of nitrogens with zero attached hydrogens (tertiary/aromatic N) is 1. The van der Waals surface area contributed by atoms with E-state index in [4.69, 9.17) is 0 Å². The molecule has 0 amide bonds. The summed E-state index contributed by atoms with van der Waals surface area (Å²) in [6.45, 7) is 10.0. The van der Waals surface area contributed by atoms with Crippen LogP contribution >= 0.6 is 0 Å². The average molecular weight is 284 g/mol. The van der Waals surface area contributed by atoms with Crippen molar-refractivity contribution in [2.75, 3.05) is 11.9 Å². The Morgan fingerprint density at radius 3 is 2.67 bits per heavy atom. The zero-order chi connectivity index (χ0) is 15.3. The van der Waals surface area contributed by atoms with Crippen LogP contribution in [0.5, 0.6) is 0 Å². The molecule has 2 rings (SSSR count). The van der Waals surface area contributed by atoms with E-state index in [0.717, 1.165) is 17.8 Å². The first-order chi connectivity index (χ1) is 10.0. The molecule has 0 spiro atoms. The number of anilines is 1. The highest BCUT2D eigenvalue weighted by Crippen LogP contribution is 2.27. The Morgan fingerprint density at radius 1 is 1.14 bits per heavy atom. The second kappa shape index (κ2) is 6.93. The van der Waals surface area contributed by atoms with Gasteiger partial charge in [0.15, 0.2) is 0 Å². The molecule has 21 heavy (non-hydrogen) atoms. The Hall–Kier alpha value is -1.57. The number of fused-ring (bicyclic) bond motifs is 1. The Labute approximate surface area is 129 Å². The molecule has 2 nitrogen and oxygen atoms in total. The van der Waals surface area contributed by atoms with Gasteiger partial charge < -0.3 is 5.32 Å². The maximum atomic E-state index is 4.60. The number of aromatic nitrogens is 1. The summed E-state index contributed by atoms with van der Waals surface area (Å²) in [5.74, 6) is 0. The van der Waals surface area contributed by atoms with E-state index in [-0.39, 0.29) is 0 Å². The molecule has 0 aliphatic carbocycles. The smallest absolute Gasteiger partial charge is 0.0725 e. The Bertz CT molecular complexity index is 587. The number of aryl methyl sites for hydroxylation is 1. The van der Waals surface area contributed by atoms with Crippen LogP contribution in [0.1, 0.15) is 52.1 Å². The van der Waals surface area contributed by atoms with E-state index in [2.05, 4.69) is 62.3 Å². The number of hydrogen-bond donors (Lipinski definition) is 1. The molecule has 1 N–H and O–H groups in total. The number of pyridine rings is 1. The summed E-state index contributed by atoms with van der Waals surface area (Å²) in [4.78, 5) is 4.60. The summed E-state index contributed by atoms with van der Waals surface area (Å²) in [5, 5.41) is 4.87. The molecule has 2 heteroatoms. The third-order valence-electron chi connectivity index (χ3n) is 4.06. The molecule has 0 aliphatic rings. The second-order valence-electron chi connectivity index (χ2n) is 6.80. The fraction of sp³-hybridized carbons (Fsp3) is 0.526. The van der Waals surface area contributed by atoms with Crippen molar-refractivity contribution in [3.05, 3.63) is 36.0 Å². The van der Waals surface area contributed by atoms with Gasteiger partial charge in [0.1, 0.15) is 0 Å². The fourth-order valence-electron chi connectivity index (χ4n) is 2.73. The van der Waals surface area contributed by atoms with Crippen molar-refractivity contribution in [2.24, 2.45) is 5.41 Å². The lowest BCUT2D eigenvalue weighted by Crippen LogP contribution is -2.23. The van der Waals surface area contributed by atoms with E-state index in [1.54, 1.807) is 0 Å². The Morgan fingerprint density at radius 2 is 1.90 bits per heavy atom. The van der Waals surface area contributed by atoms with Crippen molar-refractivity contribution in [1.29, 1.82) is 0 Å². The zero-order valence-electron chi connectivity index (χ0n) is 13.9. The molecule has 1 heterocycles. The van der Waals surface area contributed by atoms with Crippen molar-refractivity contribution < 1.29 is 0 Å². The largest absolute Gasteiger partial charge is 0.384 e. The van der Waals surface area contributed by atoms with Gasteiger partial charge in [-0.2, -0.15) is 0 Å². The molecule has 2 aromatic rings. The van der Waals surface area contributed by atoms with Gasteiger partial charge in [0, 0.05) is 23.3 Å². The van der Waals surface area contributed by atoms with Gasteiger partial charge in [-0.05, 0) is 30.9 Å². The van der Waals surface area contributed by atoms with Gasteiger partial charge in [0.05, 0.1) is 5.52 Å². The van der Waals surface area contributed by atoms with Crippen LogP contribution in [0.15, 0.2) is 30.3 Å². The van der Waals surface area contributed by atoms with Crippen molar-refractivity contribution in [1.82, 2.24) is 4.98 Å². The Balaban J connectivity index is 2.09. The molecule has 114 valence electrons. The fourth-order valence-corrected chi connectivity index (χ4v) is 2.73. The molecule has 0 unspecified atom stereocenters. The SMILES string of the molecule is CCCCCC(C)(C)CNc1cc(C)nc2ccccc12. The van der Waals surface area contributed by atoms with Crippen LogP contribution in [0, 0.1) is 12.3 Å². The lowest BCUT2D eigenvalue weighted by atomic mass is 9.86. The molecule has 0 saturated heterocycles. The maximum Gasteiger partial charge on any atom is 0.0725 e. The maximum absolute atomic E-state index is 4.60. The molecule has 0 atom stereocenters.